The molecule has 0 unspecified atom stereocenters. The normalized spacial score (nSPS) is 12.0. The first-order valence-electron chi connectivity index (χ1n) is 7.63. The van der Waals surface area contributed by atoms with E-state index in [4.69, 9.17) is 0 Å². The van der Waals surface area contributed by atoms with Crippen LogP contribution in [0.1, 0.15) is 17.5 Å². The van der Waals surface area contributed by atoms with Crippen molar-refractivity contribution in [3.63, 3.8) is 0 Å². The van der Waals surface area contributed by atoms with E-state index in [0.717, 1.165) is 36.6 Å². The van der Waals surface area contributed by atoms with Crippen LogP contribution in [0.3, 0.4) is 0 Å². The van der Waals surface area contributed by atoms with Gasteiger partial charge in [-0.25, -0.2) is 8.42 Å². The van der Waals surface area contributed by atoms with E-state index in [9.17, 15) is 8.42 Å². The van der Waals surface area contributed by atoms with Crippen molar-refractivity contribution in [3.05, 3.63) is 29.3 Å². The molecule has 2 N–H and O–H groups in total. The van der Waals surface area contributed by atoms with E-state index in [0.29, 0.717) is 11.4 Å². The van der Waals surface area contributed by atoms with Crippen LogP contribution < -0.4 is 10.6 Å². The number of nitrogens with zero attached hydrogens (tertiary/aromatic N) is 2. The topological polar surface area (TPSA) is 73.8 Å². The van der Waals surface area contributed by atoms with E-state index in [2.05, 4.69) is 34.6 Å². The minimum atomic E-state index is -3.17. The lowest BCUT2D eigenvalue weighted by atomic mass is 10.1. The second-order valence-electron chi connectivity index (χ2n) is 5.88. The Bertz CT molecular complexity index is 645. The average molecular weight is 468 g/mol. The van der Waals surface area contributed by atoms with E-state index in [1.54, 1.807) is 13.1 Å². The second-order valence-corrected chi connectivity index (χ2v) is 7.87. The lowest BCUT2D eigenvalue weighted by Gasteiger charge is -2.14. The van der Waals surface area contributed by atoms with Crippen LogP contribution in [0.4, 0.5) is 0 Å². The van der Waals surface area contributed by atoms with E-state index >= 15 is 0 Å². The molecule has 1 aromatic carbocycles. The zero-order chi connectivity index (χ0) is 17.5. The summed E-state index contributed by atoms with van der Waals surface area (Å²) in [5, 5.41) is 6.50. The summed E-state index contributed by atoms with van der Waals surface area (Å²) in [5.41, 5.74) is 1.78. The van der Waals surface area contributed by atoms with E-state index in [1.165, 1.54) is 6.26 Å². The Kier molecular flexibility index (Phi) is 10.5. The van der Waals surface area contributed by atoms with Gasteiger partial charge in [-0.2, -0.15) is 0 Å². The quantitative estimate of drug-likeness (QED) is 0.276. The molecule has 0 saturated heterocycles. The van der Waals surface area contributed by atoms with Crippen LogP contribution >= 0.6 is 24.0 Å². The fourth-order valence-corrected chi connectivity index (χ4v) is 3.20. The molecule has 0 radical (unpaired) electrons. The molecule has 0 aromatic heterocycles. The molecule has 24 heavy (non-hydrogen) atoms. The number of benzene rings is 1. The van der Waals surface area contributed by atoms with Crippen LogP contribution in [0.2, 0.25) is 0 Å². The highest BCUT2D eigenvalue weighted by Crippen LogP contribution is 2.16. The summed E-state index contributed by atoms with van der Waals surface area (Å²) in [6.07, 6.45) is 2.27. The average Bonchev–Trinajstić information content (AvgIpc) is 2.45. The maximum atomic E-state index is 11.6. The summed E-state index contributed by atoms with van der Waals surface area (Å²) < 4.78 is 23.2. The first kappa shape index (κ1) is 23.1. The van der Waals surface area contributed by atoms with E-state index < -0.39 is 9.84 Å². The molecule has 0 heterocycles. The van der Waals surface area contributed by atoms with Gasteiger partial charge in [-0.15, -0.1) is 24.0 Å². The SMILES string of the molecule is CN=C(NCCCN(C)C)NCc1ccc(S(C)(=O)=O)c(C)c1.I. The Hall–Kier alpha value is -0.870. The highest BCUT2D eigenvalue weighted by Gasteiger charge is 2.10. The number of aryl methyl sites for hydroxylation is 1. The largest absolute Gasteiger partial charge is 0.356 e. The Morgan fingerprint density at radius 1 is 1.25 bits per heavy atom. The number of nitrogens with one attached hydrogen (secondary N) is 2. The Labute approximate surface area is 163 Å². The van der Waals surface area contributed by atoms with Gasteiger partial charge in [0.2, 0.25) is 0 Å². The van der Waals surface area contributed by atoms with Crippen molar-refractivity contribution < 1.29 is 8.42 Å². The third-order valence-corrected chi connectivity index (χ3v) is 4.65. The van der Waals surface area contributed by atoms with Gasteiger partial charge in [-0.05, 0) is 51.2 Å². The van der Waals surface area contributed by atoms with E-state index in [1.807, 2.05) is 19.1 Å². The molecule has 6 nitrogen and oxygen atoms in total. The van der Waals surface area contributed by atoms with Gasteiger partial charge in [0.15, 0.2) is 15.8 Å². The molecule has 0 atom stereocenters. The standard InChI is InChI=1S/C16H28N4O2S.HI/c1-13-11-14(7-8-15(13)23(5,21)22)12-19-16(17-2)18-9-6-10-20(3)4;/h7-8,11H,6,9-10,12H2,1-5H3,(H2,17,18,19);1H. The number of rotatable bonds is 7. The third kappa shape index (κ3) is 8.29. The molecule has 8 heteroatoms. The molecule has 0 aliphatic heterocycles. The van der Waals surface area contributed by atoms with Crippen LogP contribution in [0.25, 0.3) is 0 Å². The molecule has 0 fully saturated rings. The smallest absolute Gasteiger partial charge is 0.191 e. The number of sulfone groups is 1. The van der Waals surface area contributed by atoms with Crippen LogP contribution in [-0.4, -0.2) is 59.8 Å². The first-order chi connectivity index (χ1) is 10.7. The summed E-state index contributed by atoms with van der Waals surface area (Å²) >= 11 is 0. The minimum absolute atomic E-state index is 0. The molecule has 0 aliphatic rings. The van der Waals surface area contributed by atoms with Crippen LogP contribution in [0, 0.1) is 6.92 Å². The van der Waals surface area contributed by atoms with Crippen molar-refractivity contribution in [2.75, 3.05) is 40.5 Å². The van der Waals surface area contributed by atoms with Crippen LogP contribution in [-0.2, 0) is 16.4 Å². The predicted molar refractivity (Wildman–Crippen MR) is 111 cm³/mol. The molecular formula is C16H29IN4O2S. The fourth-order valence-electron chi connectivity index (χ4n) is 2.25. The number of hydrogen-bond donors (Lipinski definition) is 2. The van der Waals surface area contributed by atoms with Crippen molar-refractivity contribution >= 4 is 39.8 Å². The lowest BCUT2D eigenvalue weighted by molar-refractivity contribution is 0.399. The van der Waals surface area contributed by atoms with Crippen molar-refractivity contribution in [1.82, 2.24) is 15.5 Å². The third-order valence-electron chi connectivity index (χ3n) is 3.40. The molecule has 138 valence electrons. The van der Waals surface area contributed by atoms with Gasteiger partial charge in [0.25, 0.3) is 0 Å². The molecule has 0 aliphatic carbocycles. The van der Waals surface area contributed by atoms with Gasteiger partial charge in [-0.3, -0.25) is 4.99 Å². The molecule has 0 bridgehead atoms. The highest BCUT2D eigenvalue weighted by atomic mass is 127. The Morgan fingerprint density at radius 2 is 1.92 bits per heavy atom. The van der Waals surface area contributed by atoms with Gasteiger partial charge in [0.1, 0.15) is 0 Å². The first-order valence-corrected chi connectivity index (χ1v) is 9.52. The lowest BCUT2D eigenvalue weighted by Crippen LogP contribution is -2.38. The molecule has 0 saturated carbocycles. The van der Waals surface area contributed by atoms with Crippen molar-refractivity contribution in [3.8, 4) is 0 Å². The number of hydrogen-bond acceptors (Lipinski definition) is 4. The van der Waals surface area contributed by atoms with Gasteiger partial charge < -0.3 is 15.5 Å². The van der Waals surface area contributed by atoms with Crippen LogP contribution in [0.15, 0.2) is 28.1 Å². The molecular weight excluding hydrogens is 439 g/mol. The zero-order valence-corrected chi connectivity index (χ0v) is 18.2. The monoisotopic (exact) mass is 468 g/mol. The van der Waals surface area contributed by atoms with Crippen molar-refractivity contribution in [2.24, 2.45) is 4.99 Å². The Balaban J connectivity index is 0.00000529. The fraction of sp³-hybridized carbons (Fsp3) is 0.562. The van der Waals surface area contributed by atoms with Gasteiger partial charge in [0, 0.05) is 26.4 Å². The summed E-state index contributed by atoms with van der Waals surface area (Å²) in [4.78, 5) is 6.71. The number of aliphatic imine (C=N–C) groups is 1. The molecule has 0 spiro atoms. The van der Waals surface area contributed by atoms with Crippen LogP contribution in [0.5, 0.6) is 0 Å². The highest BCUT2D eigenvalue weighted by molar-refractivity contribution is 14.0. The molecule has 1 rings (SSSR count). The number of halogens is 1. The van der Waals surface area contributed by atoms with Gasteiger partial charge in [0.05, 0.1) is 4.90 Å². The summed E-state index contributed by atoms with van der Waals surface area (Å²) in [5.74, 6) is 0.744. The predicted octanol–water partition coefficient (Wildman–Crippen LogP) is 1.63. The molecule has 1 aromatic rings. The van der Waals surface area contributed by atoms with Crippen molar-refractivity contribution in [2.45, 2.75) is 24.8 Å². The zero-order valence-electron chi connectivity index (χ0n) is 15.1. The second kappa shape index (κ2) is 10.9. The minimum Gasteiger partial charge on any atom is -0.356 e. The van der Waals surface area contributed by atoms with Gasteiger partial charge in [-0.1, -0.05) is 12.1 Å². The van der Waals surface area contributed by atoms with E-state index in [-0.39, 0.29) is 24.0 Å². The summed E-state index contributed by atoms with van der Waals surface area (Å²) in [6, 6.07) is 5.38. The molecule has 0 amide bonds. The van der Waals surface area contributed by atoms with Crippen molar-refractivity contribution in [1.29, 1.82) is 0 Å². The summed E-state index contributed by atoms with van der Waals surface area (Å²) in [7, 11) is 2.67. The number of guanidine groups is 1. The van der Waals surface area contributed by atoms with Gasteiger partial charge >= 0.3 is 0 Å². The maximum absolute atomic E-state index is 11.6. The maximum Gasteiger partial charge on any atom is 0.191 e. The Morgan fingerprint density at radius 3 is 2.42 bits per heavy atom. The summed E-state index contributed by atoms with van der Waals surface area (Å²) in [6.45, 7) is 4.28.